The van der Waals surface area contributed by atoms with Gasteiger partial charge in [-0.25, -0.2) is 13.8 Å². The van der Waals surface area contributed by atoms with Crippen molar-refractivity contribution in [2.24, 2.45) is 0 Å². The third kappa shape index (κ3) is 3.81. The van der Waals surface area contributed by atoms with E-state index in [1.807, 2.05) is 55.6 Å². The first-order valence-corrected chi connectivity index (χ1v) is 9.62. The molecule has 0 bridgehead atoms. The van der Waals surface area contributed by atoms with Crippen molar-refractivity contribution < 1.29 is 13.6 Å². The fraction of sp³-hybridized carbons (Fsp3) is 0.167. The van der Waals surface area contributed by atoms with E-state index >= 15 is 0 Å². The molecule has 2 heterocycles. The van der Waals surface area contributed by atoms with Gasteiger partial charge in [-0.05, 0) is 67.8 Å². The van der Waals surface area contributed by atoms with E-state index in [-0.39, 0.29) is 18.0 Å². The van der Waals surface area contributed by atoms with Crippen molar-refractivity contribution in [2.75, 3.05) is 5.32 Å². The molecule has 152 valence electrons. The molecule has 0 fully saturated rings. The summed E-state index contributed by atoms with van der Waals surface area (Å²) in [6, 6.07) is 13.3. The zero-order valence-corrected chi connectivity index (χ0v) is 17.0. The summed E-state index contributed by atoms with van der Waals surface area (Å²) >= 11 is 0. The van der Waals surface area contributed by atoms with Gasteiger partial charge in [-0.3, -0.25) is 4.79 Å². The molecule has 0 saturated carbocycles. The van der Waals surface area contributed by atoms with Gasteiger partial charge in [-0.15, -0.1) is 0 Å². The van der Waals surface area contributed by atoms with Crippen molar-refractivity contribution >= 4 is 17.2 Å². The van der Waals surface area contributed by atoms with Crippen LogP contribution in [-0.4, -0.2) is 15.3 Å². The molecular formula is C24H21F2N3O. The smallest absolute Gasteiger partial charge is 0.230 e. The Kier molecular flexibility index (Phi) is 5.08. The number of amides is 1. The molecule has 0 aliphatic rings. The SMILES string of the molecule is Cc1ccn2c(CC(=O)Nc3ccc(F)c(F)c3)c(-c3ccc(C)c(C)c3)nc2c1. The van der Waals surface area contributed by atoms with Crippen LogP contribution in [0, 0.1) is 32.4 Å². The monoisotopic (exact) mass is 405 g/mol. The van der Waals surface area contributed by atoms with Gasteiger partial charge in [-0.2, -0.15) is 0 Å². The van der Waals surface area contributed by atoms with Gasteiger partial charge < -0.3 is 9.72 Å². The standard InChI is InChI=1S/C24H21F2N3O/c1-14-8-9-29-21(13-23(30)27-18-6-7-19(25)20(26)12-18)24(28-22(29)10-14)17-5-4-15(2)16(3)11-17/h4-12H,13H2,1-3H3,(H,27,30). The fourth-order valence-electron chi connectivity index (χ4n) is 3.42. The van der Waals surface area contributed by atoms with Gasteiger partial charge in [0, 0.05) is 23.5 Å². The number of imidazole rings is 1. The van der Waals surface area contributed by atoms with Gasteiger partial charge in [0.15, 0.2) is 11.6 Å². The summed E-state index contributed by atoms with van der Waals surface area (Å²) in [6.07, 6.45) is 1.92. The van der Waals surface area contributed by atoms with Crippen LogP contribution in [0.5, 0.6) is 0 Å². The number of benzene rings is 2. The third-order valence-corrected chi connectivity index (χ3v) is 5.19. The Morgan fingerprint density at radius 2 is 1.77 bits per heavy atom. The lowest BCUT2D eigenvalue weighted by Crippen LogP contribution is -2.16. The number of aromatic nitrogens is 2. The Balaban J connectivity index is 1.73. The number of fused-ring (bicyclic) bond motifs is 1. The van der Waals surface area contributed by atoms with E-state index in [0.717, 1.165) is 45.9 Å². The van der Waals surface area contributed by atoms with E-state index in [9.17, 15) is 13.6 Å². The van der Waals surface area contributed by atoms with E-state index in [2.05, 4.69) is 11.4 Å². The van der Waals surface area contributed by atoms with E-state index in [1.165, 1.54) is 11.6 Å². The minimum Gasteiger partial charge on any atom is -0.326 e. The molecule has 1 N–H and O–H groups in total. The molecule has 0 spiro atoms. The maximum Gasteiger partial charge on any atom is 0.230 e. The lowest BCUT2D eigenvalue weighted by molar-refractivity contribution is -0.115. The summed E-state index contributed by atoms with van der Waals surface area (Å²) in [5.74, 6) is -2.30. The Bertz CT molecular complexity index is 1280. The number of pyridine rings is 1. The predicted octanol–water partition coefficient (Wildman–Crippen LogP) is 5.39. The maximum absolute atomic E-state index is 13.5. The van der Waals surface area contributed by atoms with E-state index < -0.39 is 11.6 Å². The zero-order valence-electron chi connectivity index (χ0n) is 17.0. The molecule has 0 aliphatic heterocycles. The van der Waals surface area contributed by atoms with Gasteiger partial charge in [0.2, 0.25) is 5.91 Å². The highest BCUT2D eigenvalue weighted by Gasteiger charge is 2.18. The summed E-state index contributed by atoms with van der Waals surface area (Å²) < 4.78 is 28.5. The second-order valence-corrected chi connectivity index (χ2v) is 7.49. The molecule has 1 amide bonds. The third-order valence-electron chi connectivity index (χ3n) is 5.19. The Morgan fingerprint density at radius 1 is 0.967 bits per heavy atom. The number of rotatable bonds is 4. The molecule has 2 aromatic heterocycles. The second kappa shape index (κ2) is 7.71. The van der Waals surface area contributed by atoms with Crippen LogP contribution in [0.1, 0.15) is 22.4 Å². The molecule has 0 saturated heterocycles. The lowest BCUT2D eigenvalue weighted by atomic mass is 10.0. The topological polar surface area (TPSA) is 46.4 Å². The molecule has 0 aliphatic carbocycles. The lowest BCUT2D eigenvalue weighted by Gasteiger charge is -2.09. The molecule has 6 heteroatoms. The van der Waals surface area contributed by atoms with Crippen molar-refractivity contribution in [2.45, 2.75) is 27.2 Å². The van der Waals surface area contributed by atoms with Gasteiger partial charge >= 0.3 is 0 Å². The number of nitrogens with zero attached hydrogens (tertiary/aromatic N) is 2. The number of aryl methyl sites for hydroxylation is 3. The minimum absolute atomic E-state index is 0.0332. The van der Waals surface area contributed by atoms with Crippen LogP contribution >= 0.6 is 0 Å². The highest BCUT2D eigenvalue weighted by molar-refractivity contribution is 5.93. The Morgan fingerprint density at radius 3 is 2.50 bits per heavy atom. The second-order valence-electron chi connectivity index (χ2n) is 7.49. The largest absolute Gasteiger partial charge is 0.326 e. The molecule has 0 radical (unpaired) electrons. The summed E-state index contributed by atoms with van der Waals surface area (Å²) in [5.41, 5.74) is 6.72. The first kappa shape index (κ1) is 19.8. The molecule has 0 atom stereocenters. The average molecular weight is 405 g/mol. The van der Waals surface area contributed by atoms with Gasteiger partial charge in [0.1, 0.15) is 5.65 Å². The molecule has 4 nitrogen and oxygen atoms in total. The van der Waals surface area contributed by atoms with Crippen LogP contribution in [0.2, 0.25) is 0 Å². The molecule has 0 unspecified atom stereocenters. The van der Waals surface area contributed by atoms with E-state index in [1.54, 1.807) is 0 Å². The van der Waals surface area contributed by atoms with Crippen molar-refractivity contribution in [1.82, 2.24) is 9.38 Å². The van der Waals surface area contributed by atoms with E-state index in [0.29, 0.717) is 0 Å². The normalized spacial score (nSPS) is 11.1. The fourth-order valence-corrected chi connectivity index (χ4v) is 3.42. The molecule has 4 aromatic rings. The van der Waals surface area contributed by atoms with Crippen LogP contribution < -0.4 is 5.32 Å². The summed E-state index contributed by atoms with van der Waals surface area (Å²) in [6.45, 7) is 6.07. The van der Waals surface area contributed by atoms with Gasteiger partial charge in [0.25, 0.3) is 0 Å². The van der Waals surface area contributed by atoms with Crippen LogP contribution in [0.25, 0.3) is 16.9 Å². The van der Waals surface area contributed by atoms with Crippen LogP contribution in [0.4, 0.5) is 14.5 Å². The number of carbonyl (C=O) groups is 1. The zero-order chi connectivity index (χ0) is 21.4. The summed E-state index contributed by atoms with van der Waals surface area (Å²) in [5, 5.41) is 2.64. The molecule has 2 aromatic carbocycles. The van der Waals surface area contributed by atoms with Crippen molar-refractivity contribution in [3.63, 3.8) is 0 Å². The molecule has 4 rings (SSSR count). The minimum atomic E-state index is -1.01. The van der Waals surface area contributed by atoms with Crippen LogP contribution in [0.15, 0.2) is 54.7 Å². The number of carbonyl (C=O) groups excluding carboxylic acids is 1. The molecule has 30 heavy (non-hydrogen) atoms. The van der Waals surface area contributed by atoms with Crippen LogP contribution in [0.3, 0.4) is 0 Å². The predicted molar refractivity (Wildman–Crippen MR) is 114 cm³/mol. The number of halogens is 2. The Hall–Kier alpha value is -3.54. The maximum atomic E-state index is 13.5. The number of hydrogen-bond donors (Lipinski definition) is 1. The summed E-state index contributed by atoms with van der Waals surface area (Å²) in [4.78, 5) is 17.5. The van der Waals surface area contributed by atoms with Gasteiger partial charge in [-0.1, -0.05) is 12.1 Å². The van der Waals surface area contributed by atoms with E-state index in [4.69, 9.17) is 4.98 Å². The van der Waals surface area contributed by atoms with Crippen molar-refractivity contribution in [3.8, 4) is 11.3 Å². The highest BCUT2D eigenvalue weighted by atomic mass is 19.2. The quantitative estimate of drug-likeness (QED) is 0.495. The highest BCUT2D eigenvalue weighted by Crippen LogP contribution is 2.27. The number of anilines is 1. The van der Waals surface area contributed by atoms with Gasteiger partial charge in [0.05, 0.1) is 17.8 Å². The first-order chi connectivity index (χ1) is 14.3. The molecular weight excluding hydrogens is 384 g/mol. The number of hydrogen-bond acceptors (Lipinski definition) is 2. The average Bonchev–Trinajstić information content (AvgIpc) is 3.04. The van der Waals surface area contributed by atoms with Crippen LogP contribution in [-0.2, 0) is 11.2 Å². The first-order valence-electron chi connectivity index (χ1n) is 9.62. The Labute approximate surface area is 173 Å². The van der Waals surface area contributed by atoms with Crippen molar-refractivity contribution in [1.29, 1.82) is 0 Å². The summed E-state index contributed by atoms with van der Waals surface area (Å²) in [7, 11) is 0. The number of nitrogens with one attached hydrogen (secondary N) is 1. The van der Waals surface area contributed by atoms with Crippen molar-refractivity contribution in [3.05, 3.63) is 88.7 Å².